The minimum atomic E-state index is -0.348. The predicted octanol–water partition coefficient (Wildman–Crippen LogP) is 4.13. The van der Waals surface area contributed by atoms with E-state index in [4.69, 9.17) is 23.2 Å². The van der Waals surface area contributed by atoms with Crippen LogP contribution in [0, 0.1) is 0 Å². The van der Waals surface area contributed by atoms with E-state index in [1.807, 2.05) is 33.2 Å². The molecule has 0 aliphatic rings. The standard InChI is InChI=1S/C21H23Cl2N5O/c1-4-18-25-20(26-28(18)19-16(22)6-5-7-17(19)23)21(29)24-12-14-8-10-15(11-9-14)13-27(2)3/h5-11H,4,12-13H2,1-3H3,(H,24,29). The van der Waals surface area contributed by atoms with Gasteiger partial charge in [0.1, 0.15) is 11.5 Å². The van der Waals surface area contributed by atoms with Gasteiger partial charge in [-0.1, -0.05) is 60.5 Å². The van der Waals surface area contributed by atoms with E-state index >= 15 is 0 Å². The molecule has 3 rings (SSSR count). The summed E-state index contributed by atoms with van der Waals surface area (Å²) in [6.07, 6.45) is 0.579. The van der Waals surface area contributed by atoms with Gasteiger partial charge in [0.05, 0.1) is 10.0 Å². The van der Waals surface area contributed by atoms with Crippen LogP contribution >= 0.6 is 23.2 Å². The molecule has 0 aliphatic carbocycles. The van der Waals surface area contributed by atoms with Gasteiger partial charge in [0.2, 0.25) is 5.82 Å². The molecule has 3 aromatic rings. The molecule has 2 aromatic carbocycles. The molecule has 0 aliphatic heterocycles. The Morgan fingerprint density at radius 3 is 2.28 bits per heavy atom. The van der Waals surface area contributed by atoms with Crippen LogP contribution in [0.3, 0.4) is 0 Å². The van der Waals surface area contributed by atoms with E-state index in [9.17, 15) is 4.79 Å². The molecule has 1 heterocycles. The molecule has 0 atom stereocenters. The number of carbonyl (C=O) groups is 1. The van der Waals surface area contributed by atoms with Crippen LogP contribution in [0.2, 0.25) is 10.0 Å². The monoisotopic (exact) mass is 431 g/mol. The van der Waals surface area contributed by atoms with Crippen molar-refractivity contribution in [2.24, 2.45) is 0 Å². The maximum Gasteiger partial charge on any atom is 0.291 e. The molecule has 29 heavy (non-hydrogen) atoms. The number of amides is 1. The van der Waals surface area contributed by atoms with Crippen LogP contribution in [-0.2, 0) is 19.5 Å². The third-order valence-corrected chi connectivity index (χ3v) is 4.93. The molecule has 6 nitrogen and oxygen atoms in total. The van der Waals surface area contributed by atoms with Crippen LogP contribution in [0.4, 0.5) is 0 Å². The van der Waals surface area contributed by atoms with Crippen LogP contribution in [-0.4, -0.2) is 39.7 Å². The maximum absolute atomic E-state index is 12.6. The topological polar surface area (TPSA) is 63.1 Å². The highest BCUT2D eigenvalue weighted by molar-refractivity contribution is 6.37. The number of aryl methyl sites for hydroxylation is 1. The van der Waals surface area contributed by atoms with Crippen molar-refractivity contribution in [1.82, 2.24) is 25.0 Å². The molecule has 1 amide bonds. The molecule has 0 radical (unpaired) electrons. The van der Waals surface area contributed by atoms with E-state index in [2.05, 4.69) is 32.4 Å². The predicted molar refractivity (Wildman–Crippen MR) is 116 cm³/mol. The second kappa shape index (κ2) is 9.39. The Bertz CT molecular complexity index is 979. The molecule has 0 unspecified atom stereocenters. The molecular formula is C21H23Cl2N5O. The van der Waals surface area contributed by atoms with Gasteiger partial charge in [-0.3, -0.25) is 4.79 Å². The van der Waals surface area contributed by atoms with Crippen LogP contribution in [0.25, 0.3) is 5.69 Å². The fourth-order valence-electron chi connectivity index (χ4n) is 2.93. The smallest absolute Gasteiger partial charge is 0.291 e. The van der Waals surface area contributed by atoms with Crippen LogP contribution in [0.1, 0.15) is 34.5 Å². The number of hydrogen-bond acceptors (Lipinski definition) is 4. The summed E-state index contributed by atoms with van der Waals surface area (Å²) in [5.74, 6) is 0.347. The molecule has 0 saturated heterocycles. The Kier molecular flexibility index (Phi) is 6.90. The lowest BCUT2D eigenvalue weighted by Gasteiger charge is -2.10. The van der Waals surface area contributed by atoms with E-state index in [-0.39, 0.29) is 11.7 Å². The Hall–Kier alpha value is -2.41. The normalized spacial score (nSPS) is 11.1. The van der Waals surface area contributed by atoms with Crippen molar-refractivity contribution in [3.63, 3.8) is 0 Å². The molecule has 1 aromatic heterocycles. The van der Waals surface area contributed by atoms with Crippen molar-refractivity contribution in [3.05, 3.63) is 75.3 Å². The van der Waals surface area contributed by atoms with E-state index in [0.717, 1.165) is 12.1 Å². The lowest BCUT2D eigenvalue weighted by atomic mass is 10.1. The number of rotatable bonds is 7. The van der Waals surface area contributed by atoms with Gasteiger partial charge in [-0.05, 0) is 37.4 Å². The second-order valence-electron chi connectivity index (χ2n) is 6.92. The molecular weight excluding hydrogens is 409 g/mol. The highest BCUT2D eigenvalue weighted by Gasteiger charge is 2.19. The van der Waals surface area contributed by atoms with E-state index in [1.165, 1.54) is 10.2 Å². The van der Waals surface area contributed by atoms with Crippen LogP contribution < -0.4 is 5.32 Å². The van der Waals surface area contributed by atoms with Gasteiger partial charge in [0.15, 0.2) is 0 Å². The van der Waals surface area contributed by atoms with Crippen molar-refractivity contribution in [3.8, 4) is 5.69 Å². The molecule has 0 fully saturated rings. The van der Waals surface area contributed by atoms with Gasteiger partial charge in [-0.2, -0.15) is 0 Å². The molecule has 0 saturated carbocycles. The zero-order valence-corrected chi connectivity index (χ0v) is 18.1. The number of carbonyl (C=O) groups excluding carboxylic acids is 1. The van der Waals surface area contributed by atoms with Crippen molar-refractivity contribution in [2.75, 3.05) is 14.1 Å². The first-order chi connectivity index (χ1) is 13.9. The van der Waals surface area contributed by atoms with Crippen molar-refractivity contribution < 1.29 is 4.79 Å². The number of benzene rings is 2. The summed E-state index contributed by atoms with van der Waals surface area (Å²) in [6.45, 7) is 3.20. The Morgan fingerprint density at radius 1 is 1.07 bits per heavy atom. The highest BCUT2D eigenvalue weighted by atomic mass is 35.5. The molecule has 0 bridgehead atoms. The van der Waals surface area contributed by atoms with Crippen molar-refractivity contribution >= 4 is 29.1 Å². The lowest BCUT2D eigenvalue weighted by Crippen LogP contribution is -2.24. The first-order valence-electron chi connectivity index (χ1n) is 9.30. The molecule has 0 spiro atoms. The largest absolute Gasteiger partial charge is 0.345 e. The minimum Gasteiger partial charge on any atom is -0.345 e. The van der Waals surface area contributed by atoms with Gasteiger partial charge in [0.25, 0.3) is 5.91 Å². The van der Waals surface area contributed by atoms with E-state index in [0.29, 0.717) is 34.5 Å². The molecule has 1 N–H and O–H groups in total. The summed E-state index contributed by atoms with van der Waals surface area (Å²) < 4.78 is 1.54. The van der Waals surface area contributed by atoms with Crippen LogP contribution in [0.5, 0.6) is 0 Å². The van der Waals surface area contributed by atoms with Crippen LogP contribution in [0.15, 0.2) is 42.5 Å². The van der Waals surface area contributed by atoms with Gasteiger partial charge in [0, 0.05) is 19.5 Å². The average molecular weight is 432 g/mol. The van der Waals surface area contributed by atoms with E-state index in [1.54, 1.807) is 18.2 Å². The lowest BCUT2D eigenvalue weighted by molar-refractivity contribution is 0.0940. The summed E-state index contributed by atoms with van der Waals surface area (Å²) in [5.41, 5.74) is 2.75. The zero-order chi connectivity index (χ0) is 21.0. The Labute approximate surface area is 180 Å². The number of nitrogens with one attached hydrogen (secondary N) is 1. The number of hydrogen-bond donors (Lipinski definition) is 1. The fraction of sp³-hybridized carbons (Fsp3) is 0.286. The number of aromatic nitrogens is 3. The number of para-hydroxylation sites is 1. The van der Waals surface area contributed by atoms with Crippen molar-refractivity contribution in [2.45, 2.75) is 26.4 Å². The van der Waals surface area contributed by atoms with E-state index < -0.39 is 0 Å². The van der Waals surface area contributed by atoms with Gasteiger partial charge in [-0.25, -0.2) is 9.67 Å². The second-order valence-corrected chi connectivity index (χ2v) is 7.74. The fourth-order valence-corrected chi connectivity index (χ4v) is 3.49. The SMILES string of the molecule is CCc1nc(C(=O)NCc2ccc(CN(C)C)cc2)nn1-c1c(Cl)cccc1Cl. The molecule has 8 heteroatoms. The highest BCUT2D eigenvalue weighted by Crippen LogP contribution is 2.28. The summed E-state index contributed by atoms with van der Waals surface area (Å²) in [5, 5.41) is 8.11. The quantitative estimate of drug-likeness (QED) is 0.610. The summed E-state index contributed by atoms with van der Waals surface area (Å²) in [6, 6.07) is 13.3. The first-order valence-corrected chi connectivity index (χ1v) is 10.1. The summed E-state index contributed by atoms with van der Waals surface area (Å²) >= 11 is 12.6. The summed E-state index contributed by atoms with van der Waals surface area (Å²) in [4.78, 5) is 19.1. The zero-order valence-electron chi connectivity index (χ0n) is 16.6. The number of halogens is 2. The minimum absolute atomic E-state index is 0.0852. The third-order valence-electron chi connectivity index (χ3n) is 4.32. The van der Waals surface area contributed by atoms with Crippen molar-refractivity contribution in [1.29, 1.82) is 0 Å². The van der Waals surface area contributed by atoms with Gasteiger partial charge in [-0.15, -0.1) is 5.10 Å². The third kappa shape index (κ3) is 5.15. The Balaban J connectivity index is 1.74. The Morgan fingerprint density at radius 2 is 1.69 bits per heavy atom. The van der Waals surface area contributed by atoms with Gasteiger partial charge >= 0.3 is 0 Å². The number of nitrogens with zero attached hydrogens (tertiary/aromatic N) is 4. The maximum atomic E-state index is 12.6. The van der Waals surface area contributed by atoms with Gasteiger partial charge < -0.3 is 10.2 Å². The first kappa shape index (κ1) is 21.3. The summed E-state index contributed by atoms with van der Waals surface area (Å²) in [7, 11) is 4.06. The molecule has 152 valence electrons. The average Bonchev–Trinajstić information content (AvgIpc) is 3.11.